The summed E-state index contributed by atoms with van der Waals surface area (Å²) in [6.45, 7) is 3.12. The van der Waals surface area contributed by atoms with Crippen LogP contribution in [0.5, 0.6) is 0 Å². The van der Waals surface area contributed by atoms with Crippen molar-refractivity contribution in [1.29, 1.82) is 0 Å². The lowest BCUT2D eigenvalue weighted by molar-refractivity contribution is 0.0732. The van der Waals surface area contributed by atoms with Crippen LogP contribution in [0.25, 0.3) is 0 Å². The Morgan fingerprint density at radius 1 is 1.28 bits per heavy atom. The van der Waals surface area contributed by atoms with E-state index in [1.807, 2.05) is 6.07 Å². The van der Waals surface area contributed by atoms with Crippen molar-refractivity contribution in [3.8, 4) is 0 Å². The Balaban J connectivity index is 1.81. The molecule has 1 aromatic rings. The average Bonchev–Trinajstić information content (AvgIpc) is 2.35. The molecule has 18 heavy (non-hydrogen) atoms. The van der Waals surface area contributed by atoms with Crippen molar-refractivity contribution in [3.05, 3.63) is 11.8 Å². The van der Waals surface area contributed by atoms with Crippen LogP contribution in [-0.4, -0.2) is 47.5 Å². The molecule has 2 heterocycles. The van der Waals surface area contributed by atoms with E-state index in [2.05, 4.69) is 14.9 Å². The molecule has 98 valence electrons. The van der Waals surface area contributed by atoms with Crippen molar-refractivity contribution in [3.63, 3.8) is 0 Å². The second-order valence-electron chi connectivity index (χ2n) is 4.93. The highest BCUT2D eigenvalue weighted by atomic mass is 16.5. The molecule has 0 atom stereocenters. The predicted octanol–water partition coefficient (Wildman–Crippen LogP) is 0.134. The number of aliphatic hydroxyl groups excluding tert-OH is 1. The normalized spacial score (nSPS) is 27.9. The number of anilines is 2. The van der Waals surface area contributed by atoms with Crippen LogP contribution in [0.3, 0.4) is 0 Å². The van der Waals surface area contributed by atoms with Crippen molar-refractivity contribution in [2.75, 3.05) is 36.9 Å². The van der Waals surface area contributed by atoms with E-state index in [1.165, 1.54) is 0 Å². The molecule has 1 aliphatic carbocycles. The van der Waals surface area contributed by atoms with E-state index < -0.39 is 0 Å². The maximum absolute atomic E-state index is 9.37. The number of nitrogens with two attached hydrogens (primary N) is 1. The first-order valence-electron chi connectivity index (χ1n) is 6.37. The minimum absolute atomic E-state index is 0.182. The molecule has 1 saturated heterocycles. The van der Waals surface area contributed by atoms with Gasteiger partial charge in [-0.25, -0.2) is 4.98 Å². The molecule has 1 saturated carbocycles. The monoisotopic (exact) mass is 250 g/mol. The van der Waals surface area contributed by atoms with Crippen molar-refractivity contribution in [2.45, 2.75) is 24.9 Å². The van der Waals surface area contributed by atoms with Gasteiger partial charge < -0.3 is 20.5 Å². The highest BCUT2D eigenvalue weighted by Gasteiger charge is 2.30. The molecule has 1 aromatic heterocycles. The Morgan fingerprint density at radius 3 is 2.67 bits per heavy atom. The first kappa shape index (κ1) is 11.7. The fraction of sp³-hybridized carbons (Fsp3) is 0.667. The van der Waals surface area contributed by atoms with Crippen LogP contribution in [0.2, 0.25) is 0 Å². The minimum Gasteiger partial charge on any atom is -0.393 e. The van der Waals surface area contributed by atoms with E-state index >= 15 is 0 Å². The standard InChI is InChI=1S/C12H18N4O2/c13-12-14-10(8-5-9(17)6-8)7-11(15-12)16-1-3-18-4-2-16/h7-9,17H,1-6H2,(H2,13,14,15). The highest BCUT2D eigenvalue weighted by Crippen LogP contribution is 2.36. The number of hydrogen-bond donors (Lipinski definition) is 2. The van der Waals surface area contributed by atoms with Crippen LogP contribution >= 0.6 is 0 Å². The molecule has 2 aliphatic rings. The van der Waals surface area contributed by atoms with E-state index in [-0.39, 0.29) is 6.10 Å². The zero-order valence-electron chi connectivity index (χ0n) is 10.2. The Bertz CT molecular complexity index is 428. The number of nitrogens with zero attached hydrogens (tertiary/aromatic N) is 3. The second-order valence-corrected chi connectivity index (χ2v) is 4.93. The van der Waals surface area contributed by atoms with Gasteiger partial charge in [0.25, 0.3) is 0 Å². The third-order valence-electron chi connectivity index (χ3n) is 3.62. The van der Waals surface area contributed by atoms with Gasteiger partial charge in [-0.1, -0.05) is 0 Å². The highest BCUT2D eigenvalue weighted by molar-refractivity contribution is 5.45. The molecular formula is C12H18N4O2. The van der Waals surface area contributed by atoms with Gasteiger partial charge in [0, 0.05) is 25.1 Å². The smallest absolute Gasteiger partial charge is 0.222 e. The fourth-order valence-corrected chi connectivity index (χ4v) is 2.46. The summed E-state index contributed by atoms with van der Waals surface area (Å²) in [5, 5.41) is 9.37. The average molecular weight is 250 g/mol. The van der Waals surface area contributed by atoms with Crippen molar-refractivity contribution in [2.24, 2.45) is 0 Å². The first-order valence-corrected chi connectivity index (χ1v) is 6.37. The van der Waals surface area contributed by atoms with Gasteiger partial charge >= 0.3 is 0 Å². The van der Waals surface area contributed by atoms with Gasteiger partial charge in [-0.2, -0.15) is 4.98 Å². The summed E-state index contributed by atoms with van der Waals surface area (Å²) in [6, 6.07) is 2.00. The zero-order chi connectivity index (χ0) is 12.5. The summed E-state index contributed by atoms with van der Waals surface area (Å²) in [6.07, 6.45) is 1.37. The molecule has 6 nitrogen and oxygen atoms in total. The third-order valence-corrected chi connectivity index (χ3v) is 3.62. The molecule has 0 spiro atoms. The lowest BCUT2D eigenvalue weighted by Crippen LogP contribution is -2.37. The van der Waals surface area contributed by atoms with Crippen molar-refractivity contribution < 1.29 is 9.84 Å². The van der Waals surface area contributed by atoms with Crippen LogP contribution in [-0.2, 0) is 4.74 Å². The Hall–Kier alpha value is -1.40. The lowest BCUT2D eigenvalue weighted by atomic mass is 9.80. The van der Waals surface area contributed by atoms with E-state index in [4.69, 9.17) is 10.5 Å². The van der Waals surface area contributed by atoms with Crippen LogP contribution in [0.1, 0.15) is 24.5 Å². The van der Waals surface area contributed by atoms with Gasteiger partial charge in [0.2, 0.25) is 5.95 Å². The molecule has 3 rings (SSSR count). The number of ether oxygens (including phenoxy) is 1. The van der Waals surface area contributed by atoms with E-state index in [0.29, 0.717) is 11.9 Å². The number of hydrogen-bond acceptors (Lipinski definition) is 6. The summed E-state index contributed by atoms with van der Waals surface area (Å²) < 4.78 is 5.33. The lowest BCUT2D eigenvalue weighted by Gasteiger charge is -2.32. The number of morpholine rings is 1. The topological polar surface area (TPSA) is 84.5 Å². The molecule has 3 N–H and O–H groups in total. The maximum Gasteiger partial charge on any atom is 0.222 e. The van der Waals surface area contributed by atoms with Crippen LogP contribution in [0.4, 0.5) is 11.8 Å². The van der Waals surface area contributed by atoms with E-state index in [0.717, 1.165) is 50.7 Å². The molecule has 0 bridgehead atoms. The molecule has 1 aliphatic heterocycles. The quantitative estimate of drug-likeness (QED) is 0.776. The predicted molar refractivity (Wildman–Crippen MR) is 67.5 cm³/mol. The molecule has 0 radical (unpaired) electrons. The van der Waals surface area contributed by atoms with Gasteiger partial charge in [0.05, 0.1) is 25.0 Å². The minimum atomic E-state index is -0.182. The van der Waals surface area contributed by atoms with Crippen molar-refractivity contribution in [1.82, 2.24) is 9.97 Å². The Labute approximate surface area is 106 Å². The summed E-state index contributed by atoms with van der Waals surface area (Å²) in [5.41, 5.74) is 6.73. The van der Waals surface area contributed by atoms with Crippen LogP contribution in [0, 0.1) is 0 Å². The van der Waals surface area contributed by atoms with Gasteiger partial charge in [-0.3, -0.25) is 0 Å². The maximum atomic E-state index is 9.37. The zero-order valence-corrected chi connectivity index (χ0v) is 10.2. The molecular weight excluding hydrogens is 232 g/mol. The molecule has 0 aromatic carbocycles. The number of aliphatic hydroxyl groups is 1. The molecule has 2 fully saturated rings. The first-order chi connectivity index (χ1) is 8.72. The third kappa shape index (κ3) is 2.26. The largest absolute Gasteiger partial charge is 0.393 e. The van der Waals surface area contributed by atoms with Gasteiger partial charge in [0.15, 0.2) is 0 Å². The Morgan fingerprint density at radius 2 is 2.00 bits per heavy atom. The number of aromatic nitrogens is 2. The number of rotatable bonds is 2. The molecule has 0 amide bonds. The molecule has 6 heteroatoms. The van der Waals surface area contributed by atoms with Crippen LogP contribution < -0.4 is 10.6 Å². The van der Waals surface area contributed by atoms with Gasteiger partial charge in [0.1, 0.15) is 5.82 Å². The van der Waals surface area contributed by atoms with Gasteiger partial charge in [-0.05, 0) is 12.8 Å². The number of nitrogen functional groups attached to an aromatic ring is 1. The summed E-state index contributed by atoms with van der Waals surface area (Å²) in [7, 11) is 0. The summed E-state index contributed by atoms with van der Waals surface area (Å²) in [5.74, 6) is 1.52. The molecule has 0 unspecified atom stereocenters. The van der Waals surface area contributed by atoms with E-state index in [9.17, 15) is 5.11 Å². The second kappa shape index (κ2) is 4.70. The fourth-order valence-electron chi connectivity index (χ4n) is 2.46. The van der Waals surface area contributed by atoms with E-state index in [1.54, 1.807) is 0 Å². The Kier molecular flexibility index (Phi) is 3.05. The SMILES string of the molecule is Nc1nc(C2CC(O)C2)cc(N2CCOCC2)n1. The summed E-state index contributed by atoms with van der Waals surface area (Å²) >= 11 is 0. The van der Waals surface area contributed by atoms with Crippen LogP contribution in [0.15, 0.2) is 6.07 Å². The van der Waals surface area contributed by atoms with Crippen molar-refractivity contribution >= 4 is 11.8 Å². The summed E-state index contributed by atoms with van der Waals surface area (Å²) in [4.78, 5) is 10.7. The van der Waals surface area contributed by atoms with Gasteiger partial charge in [-0.15, -0.1) is 0 Å².